The van der Waals surface area contributed by atoms with Gasteiger partial charge in [-0.05, 0) is 37.1 Å². The predicted molar refractivity (Wildman–Crippen MR) is 98.1 cm³/mol. The van der Waals surface area contributed by atoms with Crippen molar-refractivity contribution in [2.75, 3.05) is 13.1 Å². The third-order valence-electron chi connectivity index (χ3n) is 4.65. The summed E-state index contributed by atoms with van der Waals surface area (Å²) in [6, 6.07) is 13.5. The van der Waals surface area contributed by atoms with Gasteiger partial charge in [0.05, 0.1) is 16.8 Å². The zero-order valence-electron chi connectivity index (χ0n) is 13.9. The minimum atomic E-state index is 0.0268. The standard InChI is InChI=1S/C20H20N4O/c21-15-6-4-10-24(13-15)20(25)17-11-19(14-5-3-9-22-12-14)23-18-8-2-1-7-16(17)18/h1-3,5,7-9,11-12,15H,4,6,10,13,21H2. The molecule has 0 aliphatic carbocycles. The van der Waals surface area contributed by atoms with Crippen molar-refractivity contribution in [3.63, 3.8) is 0 Å². The number of likely N-dealkylation sites (tertiary alicyclic amines) is 1. The topological polar surface area (TPSA) is 72.1 Å². The Kier molecular flexibility index (Phi) is 4.15. The Balaban J connectivity index is 1.82. The first-order chi connectivity index (χ1) is 12.2. The first-order valence-corrected chi connectivity index (χ1v) is 8.57. The fourth-order valence-electron chi connectivity index (χ4n) is 3.38. The quantitative estimate of drug-likeness (QED) is 0.783. The number of carbonyl (C=O) groups excluding carboxylic acids is 1. The van der Waals surface area contributed by atoms with E-state index in [1.807, 2.05) is 47.4 Å². The van der Waals surface area contributed by atoms with Crippen molar-refractivity contribution < 1.29 is 4.79 Å². The minimum absolute atomic E-state index is 0.0268. The van der Waals surface area contributed by atoms with Crippen molar-refractivity contribution in [3.05, 3.63) is 60.4 Å². The number of hydrogen-bond donors (Lipinski definition) is 1. The summed E-state index contributed by atoms with van der Waals surface area (Å²) in [4.78, 5) is 23.9. The van der Waals surface area contributed by atoms with Crippen LogP contribution in [-0.2, 0) is 0 Å². The highest BCUT2D eigenvalue weighted by molar-refractivity contribution is 6.07. The molecule has 0 spiro atoms. The molecule has 3 aromatic rings. The maximum Gasteiger partial charge on any atom is 0.254 e. The molecule has 1 aliphatic heterocycles. The first-order valence-electron chi connectivity index (χ1n) is 8.57. The second-order valence-corrected chi connectivity index (χ2v) is 6.47. The number of rotatable bonds is 2. The predicted octanol–water partition coefficient (Wildman–Crippen LogP) is 2.86. The highest BCUT2D eigenvalue weighted by atomic mass is 16.2. The van der Waals surface area contributed by atoms with Crippen LogP contribution in [0.1, 0.15) is 23.2 Å². The van der Waals surface area contributed by atoms with Crippen molar-refractivity contribution in [2.45, 2.75) is 18.9 Å². The number of nitrogens with zero attached hydrogens (tertiary/aromatic N) is 3. The van der Waals surface area contributed by atoms with Crippen LogP contribution in [0.4, 0.5) is 0 Å². The number of amides is 1. The van der Waals surface area contributed by atoms with Gasteiger partial charge in [0.2, 0.25) is 0 Å². The smallest absolute Gasteiger partial charge is 0.254 e. The summed E-state index contributed by atoms with van der Waals surface area (Å²) in [5.41, 5.74) is 9.21. The number of hydrogen-bond acceptors (Lipinski definition) is 4. The average Bonchev–Trinajstić information content (AvgIpc) is 2.67. The van der Waals surface area contributed by atoms with Gasteiger partial charge < -0.3 is 10.6 Å². The number of benzene rings is 1. The van der Waals surface area contributed by atoms with Gasteiger partial charge in [0.25, 0.3) is 5.91 Å². The number of nitrogens with two attached hydrogens (primary N) is 1. The molecular weight excluding hydrogens is 312 g/mol. The second kappa shape index (κ2) is 6.61. The Hall–Kier alpha value is -2.79. The van der Waals surface area contributed by atoms with E-state index >= 15 is 0 Å². The van der Waals surface area contributed by atoms with Gasteiger partial charge in [-0.3, -0.25) is 9.78 Å². The molecule has 3 heterocycles. The van der Waals surface area contributed by atoms with E-state index in [0.717, 1.165) is 41.5 Å². The maximum absolute atomic E-state index is 13.2. The summed E-state index contributed by atoms with van der Waals surface area (Å²) in [5.74, 6) is 0.0268. The molecule has 1 aliphatic rings. The number of pyridine rings is 2. The van der Waals surface area contributed by atoms with Gasteiger partial charge in [0.1, 0.15) is 0 Å². The Bertz CT molecular complexity index is 910. The summed E-state index contributed by atoms with van der Waals surface area (Å²) in [6.07, 6.45) is 5.42. The van der Waals surface area contributed by atoms with Gasteiger partial charge >= 0.3 is 0 Å². The lowest BCUT2D eigenvalue weighted by atomic mass is 10.0. The molecule has 2 aromatic heterocycles. The van der Waals surface area contributed by atoms with E-state index < -0.39 is 0 Å². The van der Waals surface area contributed by atoms with Crippen LogP contribution in [0.2, 0.25) is 0 Å². The third kappa shape index (κ3) is 3.10. The van der Waals surface area contributed by atoms with Gasteiger partial charge in [0, 0.05) is 42.5 Å². The van der Waals surface area contributed by atoms with Crippen LogP contribution in [0.15, 0.2) is 54.9 Å². The van der Waals surface area contributed by atoms with Gasteiger partial charge in [-0.15, -0.1) is 0 Å². The van der Waals surface area contributed by atoms with Crippen molar-refractivity contribution in [1.29, 1.82) is 0 Å². The van der Waals surface area contributed by atoms with Gasteiger partial charge in [-0.1, -0.05) is 18.2 Å². The SMILES string of the molecule is NC1CCCN(C(=O)c2cc(-c3cccnc3)nc3ccccc23)C1. The summed E-state index contributed by atoms with van der Waals surface area (Å²) in [5, 5.41) is 0.874. The van der Waals surface area contributed by atoms with Crippen molar-refractivity contribution in [1.82, 2.24) is 14.9 Å². The average molecular weight is 332 g/mol. The molecule has 1 aromatic carbocycles. The molecule has 1 unspecified atom stereocenters. The minimum Gasteiger partial charge on any atom is -0.337 e. The van der Waals surface area contributed by atoms with Crippen LogP contribution in [0.25, 0.3) is 22.2 Å². The van der Waals surface area contributed by atoms with Crippen LogP contribution in [0, 0.1) is 0 Å². The highest BCUT2D eigenvalue weighted by Gasteiger charge is 2.24. The molecular formula is C20H20N4O. The lowest BCUT2D eigenvalue weighted by molar-refractivity contribution is 0.0711. The van der Waals surface area contributed by atoms with Gasteiger partial charge in [-0.2, -0.15) is 0 Å². The summed E-state index contributed by atoms with van der Waals surface area (Å²) < 4.78 is 0. The molecule has 2 N–H and O–H groups in total. The summed E-state index contributed by atoms with van der Waals surface area (Å²) in [7, 11) is 0. The lowest BCUT2D eigenvalue weighted by Crippen LogP contribution is -2.45. The molecule has 1 saturated heterocycles. The first kappa shape index (κ1) is 15.7. The highest BCUT2D eigenvalue weighted by Crippen LogP contribution is 2.26. The molecule has 126 valence electrons. The zero-order valence-corrected chi connectivity index (χ0v) is 13.9. The van der Waals surface area contributed by atoms with E-state index in [2.05, 4.69) is 4.98 Å². The van der Waals surface area contributed by atoms with Gasteiger partial charge in [0.15, 0.2) is 0 Å². The lowest BCUT2D eigenvalue weighted by Gasteiger charge is -2.31. The van der Waals surface area contributed by atoms with E-state index in [9.17, 15) is 4.79 Å². The fraction of sp³-hybridized carbons (Fsp3) is 0.250. The molecule has 0 radical (unpaired) electrons. The molecule has 0 saturated carbocycles. The van der Waals surface area contributed by atoms with E-state index in [0.29, 0.717) is 12.1 Å². The Morgan fingerprint density at radius 3 is 2.88 bits per heavy atom. The number of carbonyl (C=O) groups is 1. The number of fused-ring (bicyclic) bond motifs is 1. The Morgan fingerprint density at radius 1 is 1.20 bits per heavy atom. The molecule has 5 heteroatoms. The third-order valence-corrected chi connectivity index (χ3v) is 4.65. The largest absolute Gasteiger partial charge is 0.337 e. The van der Waals surface area contributed by atoms with E-state index in [-0.39, 0.29) is 11.9 Å². The van der Waals surface area contributed by atoms with Crippen molar-refractivity contribution in [2.24, 2.45) is 5.73 Å². The zero-order chi connectivity index (χ0) is 17.2. The normalized spacial score (nSPS) is 17.6. The molecule has 25 heavy (non-hydrogen) atoms. The van der Waals surface area contributed by atoms with Crippen LogP contribution < -0.4 is 5.73 Å². The summed E-state index contributed by atoms with van der Waals surface area (Å²) in [6.45, 7) is 1.36. The van der Waals surface area contributed by atoms with Crippen molar-refractivity contribution >= 4 is 16.8 Å². The second-order valence-electron chi connectivity index (χ2n) is 6.47. The van der Waals surface area contributed by atoms with Crippen LogP contribution >= 0.6 is 0 Å². The number of para-hydroxylation sites is 1. The molecule has 1 fully saturated rings. The van der Waals surface area contributed by atoms with E-state index in [1.54, 1.807) is 12.4 Å². The molecule has 1 amide bonds. The fourth-order valence-corrected chi connectivity index (χ4v) is 3.38. The molecule has 5 nitrogen and oxygen atoms in total. The number of aromatic nitrogens is 2. The Morgan fingerprint density at radius 2 is 2.08 bits per heavy atom. The molecule has 1 atom stereocenters. The Labute approximate surface area is 146 Å². The van der Waals surface area contributed by atoms with Crippen LogP contribution in [-0.4, -0.2) is 39.9 Å². The number of piperidine rings is 1. The van der Waals surface area contributed by atoms with Crippen molar-refractivity contribution in [3.8, 4) is 11.3 Å². The monoisotopic (exact) mass is 332 g/mol. The molecule has 0 bridgehead atoms. The van der Waals surface area contributed by atoms with Gasteiger partial charge in [-0.25, -0.2) is 4.98 Å². The van der Waals surface area contributed by atoms with Crippen LogP contribution in [0.3, 0.4) is 0 Å². The molecule has 4 rings (SSSR count). The van der Waals surface area contributed by atoms with E-state index in [4.69, 9.17) is 10.7 Å². The van der Waals surface area contributed by atoms with Crippen LogP contribution in [0.5, 0.6) is 0 Å². The summed E-state index contributed by atoms with van der Waals surface area (Å²) >= 11 is 0. The van der Waals surface area contributed by atoms with E-state index in [1.165, 1.54) is 0 Å². The maximum atomic E-state index is 13.2.